The first-order valence-corrected chi connectivity index (χ1v) is 5.63. The summed E-state index contributed by atoms with van der Waals surface area (Å²) in [6, 6.07) is 4.79. The third-order valence-corrected chi connectivity index (χ3v) is 3.39. The molecule has 0 fully saturated rings. The van der Waals surface area contributed by atoms with Crippen LogP contribution in [0, 0.1) is 0 Å². The first-order valence-electron chi connectivity index (χ1n) is 5.25. The topological polar surface area (TPSA) is 75.6 Å². The highest BCUT2D eigenvalue weighted by atomic mass is 35.5. The molecule has 2 atom stereocenters. The van der Waals surface area contributed by atoms with Gasteiger partial charge in [-0.3, -0.25) is 4.79 Å². The van der Waals surface area contributed by atoms with Gasteiger partial charge >= 0.3 is 5.97 Å². The second-order valence-corrected chi connectivity index (χ2v) is 4.51. The van der Waals surface area contributed by atoms with Crippen LogP contribution < -0.4 is 5.32 Å². The molecule has 0 saturated heterocycles. The molecule has 0 saturated carbocycles. The zero-order valence-corrected chi connectivity index (χ0v) is 9.77. The Morgan fingerprint density at radius 3 is 2.83 bits per heavy atom. The number of hydrogen-bond donors (Lipinski definition) is 2. The average molecular weight is 266 g/mol. The third-order valence-electron chi connectivity index (χ3n) is 3.07. The summed E-state index contributed by atoms with van der Waals surface area (Å²) in [4.78, 5) is 23.0. The second kappa shape index (κ2) is 3.57. The molecule has 2 aliphatic rings. The van der Waals surface area contributed by atoms with Crippen molar-refractivity contribution >= 4 is 29.2 Å². The van der Waals surface area contributed by atoms with Crippen LogP contribution in [0.4, 0.5) is 5.69 Å². The zero-order valence-electron chi connectivity index (χ0n) is 9.01. The predicted molar refractivity (Wildman–Crippen MR) is 63.0 cm³/mol. The molecule has 2 N–H and O–H groups in total. The Hall–Kier alpha value is -1.85. The van der Waals surface area contributed by atoms with Crippen molar-refractivity contribution in [3.05, 3.63) is 40.9 Å². The lowest BCUT2D eigenvalue weighted by Gasteiger charge is -2.25. The van der Waals surface area contributed by atoms with Gasteiger partial charge in [-0.2, -0.15) is 0 Å². The van der Waals surface area contributed by atoms with Crippen molar-refractivity contribution in [2.24, 2.45) is 0 Å². The zero-order chi connectivity index (χ0) is 12.9. The Morgan fingerprint density at radius 1 is 1.39 bits per heavy atom. The molecule has 5 nitrogen and oxygen atoms in total. The van der Waals surface area contributed by atoms with Crippen LogP contribution in [0.15, 0.2) is 30.4 Å². The Bertz CT molecular complexity index is 598. The van der Waals surface area contributed by atoms with Crippen LogP contribution in [0.1, 0.15) is 5.56 Å². The standard InChI is InChI=1S/C12H8ClNO4/c13-7-3-1-2-6-10(7)14-11(16)12(6,17)8-4-5-9(15)18-8/h1-5,8,17H,(H,14,16)/t8-,12-/m0/s1. The highest BCUT2D eigenvalue weighted by molar-refractivity contribution is 6.34. The maximum Gasteiger partial charge on any atom is 0.331 e. The van der Waals surface area contributed by atoms with Crippen LogP contribution in [0.25, 0.3) is 0 Å². The summed E-state index contributed by atoms with van der Waals surface area (Å²) >= 11 is 5.95. The Balaban J connectivity index is 2.14. The van der Waals surface area contributed by atoms with Crippen molar-refractivity contribution < 1.29 is 19.4 Å². The van der Waals surface area contributed by atoms with Crippen molar-refractivity contribution in [1.82, 2.24) is 0 Å². The van der Waals surface area contributed by atoms with Crippen molar-refractivity contribution in [3.63, 3.8) is 0 Å². The minimum Gasteiger partial charge on any atom is -0.451 e. The Kier molecular flexibility index (Phi) is 2.23. The number of carbonyl (C=O) groups excluding carboxylic acids is 2. The van der Waals surface area contributed by atoms with Gasteiger partial charge in [0.25, 0.3) is 5.91 Å². The third kappa shape index (κ3) is 1.31. The molecule has 1 aromatic carbocycles. The van der Waals surface area contributed by atoms with Crippen LogP contribution in [-0.2, 0) is 19.9 Å². The number of ether oxygens (including phenoxy) is 1. The Labute approximate surface area is 107 Å². The highest BCUT2D eigenvalue weighted by Crippen LogP contribution is 2.43. The highest BCUT2D eigenvalue weighted by Gasteiger charge is 2.54. The normalized spacial score (nSPS) is 29.1. The smallest absolute Gasteiger partial charge is 0.331 e. The number of nitrogens with one attached hydrogen (secondary N) is 1. The summed E-state index contributed by atoms with van der Waals surface area (Å²) in [5.41, 5.74) is -1.27. The fourth-order valence-corrected chi connectivity index (χ4v) is 2.40. The molecule has 1 amide bonds. The largest absolute Gasteiger partial charge is 0.451 e. The molecule has 0 aromatic heterocycles. The van der Waals surface area contributed by atoms with Gasteiger partial charge < -0.3 is 15.2 Å². The van der Waals surface area contributed by atoms with E-state index in [0.717, 1.165) is 0 Å². The minimum atomic E-state index is -1.93. The molecule has 0 bridgehead atoms. The first-order chi connectivity index (χ1) is 8.53. The number of rotatable bonds is 1. The molecule has 0 aliphatic carbocycles. The molecule has 18 heavy (non-hydrogen) atoms. The number of aliphatic hydroxyl groups is 1. The van der Waals surface area contributed by atoms with Gasteiger partial charge in [0.15, 0.2) is 6.10 Å². The molecule has 92 valence electrons. The van der Waals surface area contributed by atoms with Gasteiger partial charge in [-0.25, -0.2) is 4.79 Å². The molecule has 1 aromatic rings. The van der Waals surface area contributed by atoms with Crippen molar-refractivity contribution in [3.8, 4) is 0 Å². The van der Waals surface area contributed by atoms with Gasteiger partial charge in [-0.05, 0) is 12.1 Å². The monoisotopic (exact) mass is 265 g/mol. The average Bonchev–Trinajstić information content (AvgIpc) is 2.87. The molecule has 6 heteroatoms. The summed E-state index contributed by atoms with van der Waals surface area (Å²) in [6.45, 7) is 0. The fraction of sp³-hybridized carbons (Fsp3) is 0.167. The van der Waals surface area contributed by atoms with Gasteiger partial charge in [0.1, 0.15) is 0 Å². The van der Waals surface area contributed by atoms with E-state index in [1.807, 2.05) is 0 Å². The van der Waals surface area contributed by atoms with Crippen LogP contribution in [0.2, 0.25) is 5.02 Å². The van der Waals surface area contributed by atoms with Gasteiger partial charge in [0.2, 0.25) is 5.60 Å². The SMILES string of the molecule is O=C1C=C[C@@H]([C@]2(O)C(=O)Nc3c(Cl)cccc32)O1. The van der Waals surface area contributed by atoms with E-state index < -0.39 is 23.6 Å². The fourth-order valence-electron chi connectivity index (χ4n) is 2.18. The number of halogens is 1. The lowest BCUT2D eigenvalue weighted by Crippen LogP contribution is -2.45. The maximum atomic E-state index is 12.0. The molecule has 3 rings (SSSR count). The van der Waals surface area contributed by atoms with Gasteiger partial charge in [-0.1, -0.05) is 23.7 Å². The van der Waals surface area contributed by atoms with E-state index >= 15 is 0 Å². The number of cyclic esters (lactones) is 1. The van der Waals surface area contributed by atoms with E-state index in [9.17, 15) is 14.7 Å². The van der Waals surface area contributed by atoms with Crippen LogP contribution in [0.5, 0.6) is 0 Å². The van der Waals surface area contributed by atoms with E-state index in [-0.39, 0.29) is 0 Å². The summed E-state index contributed by atoms with van der Waals surface area (Å²) in [5, 5.41) is 13.4. The van der Waals surface area contributed by atoms with E-state index in [2.05, 4.69) is 5.32 Å². The number of carbonyl (C=O) groups is 2. The summed E-state index contributed by atoms with van der Waals surface area (Å²) < 4.78 is 4.91. The van der Waals surface area contributed by atoms with E-state index in [1.165, 1.54) is 12.2 Å². The minimum absolute atomic E-state index is 0.310. The molecule has 0 radical (unpaired) electrons. The number of para-hydroxylation sites is 1. The molecule has 0 spiro atoms. The maximum absolute atomic E-state index is 12.0. The van der Waals surface area contributed by atoms with Gasteiger partial charge in [0.05, 0.1) is 10.7 Å². The summed E-state index contributed by atoms with van der Waals surface area (Å²) in [5.74, 6) is -1.24. The van der Waals surface area contributed by atoms with Crippen molar-refractivity contribution in [1.29, 1.82) is 0 Å². The predicted octanol–water partition coefficient (Wildman–Crippen LogP) is 0.961. The second-order valence-electron chi connectivity index (χ2n) is 4.10. The van der Waals surface area contributed by atoms with Crippen LogP contribution >= 0.6 is 11.6 Å². The number of esters is 1. The lowest BCUT2D eigenvalue weighted by atomic mass is 9.89. The number of anilines is 1. The van der Waals surface area contributed by atoms with E-state index in [0.29, 0.717) is 16.3 Å². The number of benzene rings is 1. The van der Waals surface area contributed by atoms with Crippen molar-refractivity contribution in [2.75, 3.05) is 5.32 Å². The van der Waals surface area contributed by atoms with Crippen LogP contribution in [-0.4, -0.2) is 23.1 Å². The number of amides is 1. The molecule has 0 unspecified atom stereocenters. The van der Waals surface area contributed by atoms with E-state index in [1.54, 1.807) is 18.2 Å². The number of hydrogen-bond acceptors (Lipinski definition) is 4. The molecule has 2 heterocycles. The van der Waals surface area contributed by atoms with Crippen molar-refractivity contribution in [2.45, 2.75) is 11.7 Å². The number of fused-ring (bicyclic) bond motifs is 1. The summed E-state index contributed by atoms with van der Waals surface area (Å²) in [7, 11) is 0. The molecular weight excluding hydrogens is 258 g/mol. The van der Waals surface area contributed by atoms with E-state index in [4.69, 9.17) is 16.3 Å². The molecular formula is C12H8ClNO4. The Morgan fingerprint density at radius 2 is 2.17 bits per heavy atom. The first kappa shape index (κ1) is 11.3. The summed E-state index contributed by atoms with van der Waals surface area (Å²) in [6.07, 6.45) is 1.50. The van der Waals surface area contributed by atoms with Gasteiger partial charge in [0, 0.05) is 11.6 Å². The lowest BCUT2D eigenvalue weighted by molar-refractivity contribution is -0.158. The van der Waals surface area contributed by atoms with Gasteiger partial charge in [-0.15, -0.1) is 0 Å². The molecule has 2 aliphatic heterocycles. The quantitative estimate of drug-likeness (QED) is 0.742. The van der Waals surface area contributed by atoms with Crippen LogP contribution in [0.3, 0.4) is 0 Å².